The highest BCUT2D eigenvalue weighted by Crippen LogP contribution is 2.15. The van der Waals surface area contributed by atoms with E-state index in [-0.39, 0.29) is 5.56 Å². The molecule has 0 radical (unpaired) electrons. The minimum Gasteiger partial charge on any atom is -0.467 e. The maximum absolute atomic E-state index is 13.2. The Morgan fingerprint density at radius 1 is 1.23 bits per heavy atom. The Labute approximate surface area is 124 Å². The summed E-state index contributed by atoms with van der Waals surface area (Å²) >= 11 is 0. The Morgan fingerprint density at radius 3 is 2.45 bits per heavy atom. The molecule has 0 aliphatic carbocycles. The van der Waals surface area contributed by atoms with Gasteiger partial charge in [0.25, 0.3) is 5.91 Å². The highest BCUT2D eigenvalue weighted by atomic mass is 19.1. The fraction of sp³-hybridized carbons (Fsp3) is 0.133. The van der Waals surface area contributed by atoms with E-state index in [0.29, 0.717) is 11.6 Å². The molecule has 1 N–H and O–H groups in total. The standard InChI is InChI=1S/C15H12F2N2O3/c1-22-15(21)13(9-3-2-4-18-8-9)19-14(20)10-5-11(16)7-12(17)6-10/h2-8,13H,1H3,(H,19,20)/t13-/m0/s1. The van der Waals surface area contributed by atoms with E-state index in [1.54, 1.807) is 12.1 Å². The van der Waals surface area contributed by atoms with Crippen LogP contribution in [0.4, 0.5) is 8.78 Å². The largest absolute Gasteiger partial charge is 0.467 e. The molecule has 0 saturated carbocycles. The molecule has 2 aromatic rings. The molecule has 0 fully saturated rings. The van der Waals surface area contributed by atoms with Crippen LogP contribution < -0.4 is 5.32 Å². The fourth-order valence-corrected chi connectivity index (χ4v) is 1.84. The molecule has 0 aliphatic rings. The zero-order chi connectivity index (χ0) is 16.1. The Bertz CT molecular complexity index is 672. The third-order valence-electron chi connectivity index (χ3n) is 2.85. The van der Waals surface area contributed by atoms with E-state index in [2.05, 4.69) is 15.0 Å². The minimum absolute atomic E-state index is 0.240. The van der Waals surface area contributed by atoms with Crippen LogP contribution in [0.3, 0.4) is 0 Å². The molecule has 2 rings (SSSR count). The van der Waals surface area contributed by atoms with Crippen LogP contribution in [0.15, 0.2) is 42.7 Å². The van der Waals surface area contributed by atoms with Crippen molar-refractivity contribution in [3.63, 3.8) is 0 Å². The summed E-state index contributed by atoms with van der Waals surface area (Å²) in [4.78, 5) is 27.7. The summed E-state index contributed by atoms with van der Waals surface area (Å²) in [6.45, 7) is 0. The van der Waals surface area contributed by atoms with Crippen LogP contribution in [0.25, 0.3) is 0 Å². The molecular formula is C15H12F2N2O3. The van der Waals surface area contributed by atoms with Crippen molar-refractivity contribution in [3.05, 3.63) is 65.5 Å². The first-order valence-electron chi connectivity index (χ1n) is 6.26. The molecule has 1 heterocycles. The number of nitrogens with one attached hydrogen (secondary N) is 1. The van der Waals surface area contributed by atoms with Crippen LogP contribution in [0.1, 0.15) is 22.0 Å². The van der Waals surface area contributed by atoms with Crippen molar-refractivity contribution in [3.8, 4) is 0 Å². The van der Waals surface area contributed by atoms with Crippen molar-refractivity contribution in [1.82, 2.24) is 10.3 Å². The molecule has 1 amide bonds. The SMILES string of the molecule is COC(=O)[C@@H](NC(=O)c1cc(F)cc(F)c1)c1cccnc1. The van der Waals surface area contributed by atoms with E-state index in [0.717, 1.165) is 12.1 Å². The summed E-state index contributed by atoms with van der Waals surface area (Å²) in [5.74, 6) is -3.31. The quantitative estimate of drug-likeness (QED) is 0.877. The number of methoxy groups -OCH3 is 1. The molecule has 0 saturated heterocycles. The second-order valence-electron chi connectivity index (χ2n) is 4.37. The molecular weight excluding hydrogens is 294 g/mol. The lowest BCUT2D eigenvalue weighted by atomic mass is 10.1. The number of hydrogen-bond donors (Lipinski definition) is 1. The van der Waals surface area contributed by atoms with E-state index in [1.165, 1.54) is 19.5 Å². The van der Waals surface area contributed by atoms with Gasteiger partial charge in [-0.05, 0) is 18.2 Å². The van der Waals surface area contributed by atoms with Gasteiger partial charge >= 0.3 is 5.97 Å². The van der Waals surface area contributed by atoms with Crippen molar-refractivity contribution in [2.75, 3.05) is 7.11 Å². The monoisotopic (exact) mass is 306 g/mol. The lowest BCUT2D eigenvalue weighted by Gasteiger charge is -2.16. The summed E-state index contributed by atoms with van der Waals surface area (Å²) in [6.07, 6.45) is 2.88. The van der Waals surface area contributed by atoms with Gasteiger partial charge in [0.1, 0.15) is 11.6 Å². The molecule has 0 spiro atoms. The van der Waals surface area contributed by atoms with Crippen molar-refractivity contribution < 1.29 is 23.1 Å². The Kier molecular flexibility index (Phi) is 4.77. The Hall–Kier alpha value is -2.83. The summed E-state index contributed by atoms with van der Waals surface area (Å²) in [5.41, 5.74) is 0.148. The van der Waals surface area contributed by atoms with Gasteiger partial charge in [0.2, 0.25) is 0 Å². The number of esters is 1. The smallest absolute Gasteiger partial charge is 0.333 e. The number of aromatic nitrogens is 1. The Morgan fingerprint density at radius 2 is 1.91 bits per heavy atom. The normalized spacial score (nSPS) is 11.6. The van der Waals surface area contributed by atoms with Crippen LogP contribution in [0.2, 0.25) is 0 Å². The van der Waals surface area contributed by atoms with Gasteiger partial charge in [0.05, 0.1) is 7.11 Å². The summed E-state index contributed by atoms with van der Waals surface area (Å²) in [6, 6.07) is 4.42. The van der Waals surface area contributed by atoms with Crippen molar-refractivity contribution in [2.24, 2.45) is 0 Å². The third kappa shape index (κ3) is 3.63. The highest BCUT2D eigenvalue weighted by molar-refractivity contribution is 5.97. The first-order valence-corrected chi connectivity index (χ1v) is 6.26. The topological polar surface area (TPSA) is 68.3 Å². The van der Waals surface area contributed by atoms with Crippen LogP contribution in [0, 0.1) is 11.6 Å². The third-order valence-corrected chi connectivity index (χ3v) is 2.85. The second kappa shape index (κ2) is 6.75. The maximum atomic E-state index is 13.2. The number of pyridine rings is 1. The molecule has 114 valence electrons. The first-order chi connectivity index (χ1) is 10.5. The van der Waals surface area contributed by atoms with E-state index in [1.807, 2.05) is 0 Å². The van der Waals surface area contributed by atoms with Crippen molar-refractivity contribution in [1.29, 1.82) is 0 Å². The predicted octanol–water partition coefficient (Wildman–Crippen LogP) is 2.00. The number of benzene rings is 1. The molecule has 1 aromatic heterocycles. The van der Waals surface area contributed by atoms with Gasteiger partial charge in [-0.2, -0.15) is 0 Å². The number of carbonyl (C=O) groups is 2. The average molecular weight is 306 g/mol. The summed E-state index contributed by atoms with van der Waals surface area (Å²) in [7, 11) is 1.17. The minimum atomic E-state index is -1.13. The number of rotatable bonds is 4. The van der Waals surface area contributed by atoms with Crippen LogP contribution >= 0.6 is 0 Å². The fourth-order valence-electron chi connectivity index (χ4n) is 1.84. The molecule has 1 aromatic carbocycles. The van der Waals surface area contributed by atoms with Gasteiger partial charge in [0.15, 0.2) is 6.04 Å². The Balaban J connectivity index is 2.27. The summed E-state index contributed by atoms with van der Waals surface area (Å²) < 4.78 is 30.9. The molecule has 22 heavy (non-hydrogen) atoms. The molecule has 1 atom stereocenters. The van der Waals surface area contributed by atoms with Gasteiger partial charge in [-0.15, -0.1) is 0 Å². The average Bonchev–Trinajstić information content (AvgIpc) is 2.51. The number of carbonyl (C=O) groups excluding carboxylic acids is 2. The van der Waals surface area contributed by atoms with E-state index in [9.17, 15) is 18.4 Å². The highest BCUT2D eigenvalue weighted by Gasteiger charge is 2.24. The number of amides is 1. The molecule has 0 aliphatic heterocycles. The zero-order valence-electron chi connectivity index (χ0n) is 11.5. The van der Waals surface area contributed by atoms with Gasteiger partial charge in [0, 0.05) is 29.6 Å². The molecule has 7 heteroatoms. The van der Waals surface area contributed by atoms with E-state index >= 15 is 0 Å². The van der Waals surface area contributed by atoms with Crippen LogP contribution in [-0.4, -0.2) is 24.0 Å². The van der Waals surface area contributed by atoms with Gasteiger partial charge < -0.3 is 10.1 Å². The van der Waals surface area contributed by atoms with Gasteiger partial charge in [-0.25, -0.2) is 13.6 Å². The first kappa shape index (κ1) is 15.6. The second-order valence-corrected chi connectivity index (χ2v) is 4.37. The number of halogens is 2. The van der Waals surface area contributed by atoms with E-state index in [4.69, 9.17) is 0 Å². The van der Waals surface area contributed by atoms with Crippen LogP contribution in [-0.2, 0) is 9.53 Å². The molecule has 0 unspecified atom stereocenters. The van der Waals surface area contributed by atoms with Gasteiger partial charge in [-0.1, -0.05) is 6.07 Å². The lowest BCUT2D eigenvalue weighted by Crippen LogP contribution is -2.34. The maximum Gasteiger partial charge on any atom is 0.333 e. The predicted molar refractivity (Wildman–Crippen MR) is 72.8 cm³/mol. The lowest BCUT2D eigenvalue weighted by molar-refractivity contribution is -0.143. The molecule has 0 bridgehead atoms. The van der Waals surface area contributed by atoms with Crippen molar-refractivity contribution in [2.45, 2.75) is 6.04 Å². The number of nitrogens with zero attached hydrogens (tertiary/aromatic N) is 1. The van der Waals surface area contributed by atoms with Crippen molar-refractivity contribution >= 4 is 11.9 Å². The zero-order valence-corrected chi connectivity index (χ0v) is 11.5. The van der Waals surface area contributed by atoms with Gasteiger partial charge in [-0.3, -0.25) is 9.78 Å². The van der Waals surface area contributed by atoms with Crippen LogP contribution in [0.5, 0.6) is 0 Å². The summed E-state index contributed by atoms with van der Waals surface area (Å²) in [5, 5.41) is 2.37. The molecule has 5 nitrogen and oxygen atoms in total. The van der Waals surface area contributed by atoms with E-state index < -0.39 is 29.6 Å². The number of ether oxygens (including phenoxy) is 1. The number of hydrogen-bond acceptors (Lipinski definition) is 4.